The smallest absolute Gasteiger partial charge is 0.313 e. The number of aliphatic hydroxyl groups is 1. The van der Waals surface area contributed by atoms with Crippen LogP contribution in [0, 0.1) is 17.8 Å². The summed E-state index contributed by atoms with van der Waals surface area (Å²) >= 11 is 6.18. The fraction of sp³-hybridized carbons (Fsp3) is 0.429. The SMILES string of the molecule is CC(C)[C@H](CO)N1C(=O)[C@H]2[C@@H]3C(=O)O[C@H](c4ccccc4)CNC(=O)CC/C=C\CN(c4ccc(Cl)cc4)C(=O)[C@H]1[C@@]21C=C[C@@H]3O1. The number of hydrogen-bond acceptors (Lipinski definition) is 7. The molecule has 6 rings (SSSR count). The quantitative estimate of drug-likeness (QED) is 0.375. The number of hydrogen-bond donors (Lipinski definition) is 2. The fourth-order valence-electron chi connectivity index (χ4n) is 7.15. The van der Waals surface area contributed by atoms with Crippen LogP contribution < -0.4 is 10.2 Å². The maximum absolute atomic E-state index is 14.9. The number of benzene rings is 2. The van der Waals surface area contributed by atoms with Gasteiger partial charge in [0.15, 0.2) is 0 Å². The largest absolute Gasteiger partial charge is 0.455 e. The molecule has 0 saturated carbocycles. The number of likely N-dealkylation sites (tertiary alicyclic amines) is 1. The summed E-state index contributed by atoms with van der Waals surface area (Å²) in [5.74, 6) is -4.04. The normalized spacial score (nSPS) is 31.2. The highest BCUT2D eigenvalue weighted by atomic mass is 35.5. The molecule has 10 nitrogen and oxygen atoms in total. The zero-order valence-corrected chi connectivity index (χ0v) is 26.5. The van der Waals surface area contributed by atoms with Gasteiger partial charge in [-0.15, -0.1) is 0 Å². The lowest BCUT2D eigenvalue weighted by Crippen LogP contribution is -2.59. The van der Waals surface area contributed by atoms with Gasteiger partial charge in [0.05, 0.1) is 31.2 Å². The van der Waals surface area contributed by atoms with Gasteiger partial charge >= 0.3 is 5.97 Å². The van der Waals surface area contributed by atoms with Crippen LogP contribution in [-0.2, 0) is 28.7 Å². The van der Waals surface area contributed by atoms with Gasteiger partial charge in [0, 0.05) is 23.7 Å². The zero-order chi connectivity index (χ0) is 32.6. The Morgan fingerprint density at radius 2 is 1.76 bits per heavy atom. The molecule has 46 heavy (non-hydrogen) atoms. The molecule has 4 aliphatic heterocycles. The second-order valence-electron chi connectivity index (χ2n) is 12.5. The van der Waals surface area contributed by atoms with Crippen molar-refractivity contribution in [2.45, 2.75) is 56.6 Å². The number of ether oxygens (including phenoxy) is 2. The van der Waals surface area contributed by atoms with Gasteiger partial charge in [-0.1, -0.05) is 80.1 Å². The van der Waals surface area contributed by atoms with Crippen LogP contribution in [0.4, 0.5) is 5.69 Å². The molecule has 5 bridgehead atoms. The van der Waals surface area contributed by atoms with Crippen molar-refractivity contribution in [2.24, 2.45) is 17.8 Å². The number of esters is 1. The fourth-order valence-corrected chi connectivity index (χ4v) is 7.27. The van der Waals surface area contributed by atoms with Crippen molar-refractivity contribution in [2.75, 3.05) is 24.6 Å². The summed E-state index contributed by atoms with van der Waals surface area (Å²) in [6.45, 7) is 3.56. The molecule has 4 heterocycles. The predicted octanol–water partition coefficient (Wildman–Crippen LogP) is 3.59. The third-order valence-corrected chi connectivity index (χ3v) is 9.70. The lowest BCUT2D eigenvalue weighted by Gasteiger charge is -2.40. The Labute approximate surface area is 273 Å². The number of amides is 3. The zero-order valence-electron chi connectivity index (χ0n) is 25.8. The van der Waals surface area contributed by atoms with Crippen molar-refractivity contribution < 1.29 is 33.8 Å². The number of rotatable bonds is 5. The molecule has 3 amide bonds. The van der Waals surface area contributed by atoms with Gasteiger partial charge in [-0.05, 0) is 42.2 Å². The minimum Gasteiger partial charge on any atom is -0.455 e. The monoisotopic (exact) mass is 647 g/mol. The predicted molar refractivity (Wildman–Crippen MR) is 171 cm³/mol. The molecule has 0 aromatic heterocycles. The summed E-state index contributed by atoms with van der Waals surface area (Å²) in [6.07, 6.45) is 6.12. The average molecular weight is 648 g/mol. The average Bonchev–Trinajstić information content (AvgIpc) is 3.69. The Morgan fingerprint density at radius 3 is 2.46 bits per heavy atom. The molecule has 4 aliphatic rings. The first kappa shape index (κ1) is 32.0. The lowest BCUT2D eigenvalue weighted by atomic mass is 9.74. The summed E-state index contributed by atoms with van der Waals surface area (Å²) < 4.78 is 12.6. The summed E-state index contributed by atoms with van der Waals surface area (Å²) in [5, 5.41) is 13.9. The van der Waals surface area contributed by atoms with Crippen LogP contribution in [-0.4, -0.2) is 77.2 Å². The Balaban J connectivity index is 1.46. The van der Waals surface area contributed by atoms with Crippen molar-refractivity contribution in [3.05, 3.63) is 89.5 Å². The van der Waals surface area contributed by atoms with E-state index in [1.807, 2.05) is 56.3 Å². The number of nitrogens with one attached hydrogen (secondary N) is 1. The molecule has 242 valence electrons. The number of cyclic esters (lactones) is 1. The molecule has 2 aromatic carbocycles. The van der Waals surface area contributed by atoms with E-state index >= 15 is 0 Å². The summed E-state index contributed by atoms with van der Waals surface area (Å²) in [6, 6.07) is 14.0. The highest BCUT2D eigenvalue weighted by Gasteiger charge is 2.74. The highest BCUT2D eigenvalue weighted by Crippen LogP contribution is 2.56. The Bertz CT molecular complexity index is 1540. The van der Waals surface area contributed by atoms with Gasteiger partial charge in [-0.2, -0.15) is 0 Å². The van der Waals surface area contributed by atoms with E-state index in [9.17, 15) is 24.3 Å². The van der Waals surface area contributed by atoms with E-state index < -0.39 is 59.5 Å². The minimum absolute atomic E-state index is 0.0493. The molecule has 2 aromatic rings. The number of carbonyl (C=O) groups excluding carboxylic acids is 4. The molecule has 0 unspecified atom stereocenters. The Morgan fingerprint density at radius 1 is 1.02 bits per heavy atom. The number of anilines is 1. The van der Waals surface area contributed by atoms with E-state index in [-0.39, 0.29) is 37.9 Å². The van der Waals surface area contributed by atoms with Crippen LogP contribution in [0.3, 0.4) is 0 Å². The van der Waals surface area contributed by atoms with Gasteiger partial charge in [0.1, 0.15) is 23.7 Å². The molecular weight excluding hydrogens is 610 g/mol. The number of halogens is 1. The van der Waals surface area contributed by atoms with Crippen LogP contribution >= 0.6 is 11.6 Å². The van der Waals surface area contributed by atoms with Crippen LogP contribution in [0.2, 0.25) is 5.02 Å². The van der Waals surface area contributed by atoms with Gasteiger partial charge in [0.25, 0.3) is 5.91 Å². The molecule has 7 atom stereocenters. The van der Waals surface area contributed by atoms with Crippen molar-refractivity contribution in [1.29, 1.82) is 0 Å². The van der Waals surface area contributed by atoms with E-state index in [0.29, 0.717) is 22.7 Å². The topological polar surface area (TPSA) is 125 Å². The first-order chi connectivity index (χ1) is 22.2. The Kier molecular flexibility index (Phi) is 9.05. The molecule has 2 saturated heterocycles. The molecule has 0 aliphatic carbocycles. The number of fused-ring (bicyclic) bond motifs is 2. The van der Waals surface area contributed by atoms with Crippen LogP contribution in [0.25, 0.3) is 0 Å². The molecule has 0 radical (unpaired) electrons. The van der Waals surface area contributed by atoms with Gasteiger partial charge < -0.3 is 29.7 Å². The lowest BCUT2D eigenvalue weighted by molar-refractivity contribution is -0.160. The molecular formula is C35H38ClN3O7. The van der Waals surface area contributed by atoms with E-state index in [1.165, 1.54) is 4.90 Å². The van der Waals surface area contributed by atoms with Crippen molar-refractivity contribution in [3.63, 3.8) is 0 Å². The highest BCUT2D eigenvalue weighted by molar-refractivity contribution is 6.30. The van der Waals surface area contributed by atoms with Crippen molar-refractivity contribution >= 4 is 41.0 Å². The van der Waals surface area contributed by atoms with Gasteiger partial charge in [-0.25, -0.2) is 0 Å². The number of allylic oxidation sites excluding steroid dienone is 1. The van der Waals surface area contributed by atoms with Crippen LogP contribution in [0.1, 0.15) is 38.4 Å². The van der Waals surface area contributed by atoms with E-state index in [2.05, 4.69) is 5.32 Å². The van der Waals surface area contributed by atoms with Crippen molar-refractivity contribution in [3.8, 4) is 0 Å². The minimum atomic E-state index is -1.45. The maximum atomic E-state index is 14.9. The molecule has 2 N–H and O–H groups in total. The number of aliphatic hydroxyl groups excluding tert-OH is 1. The van der Waals surface area contributed by atoms with E-state index in [0.717, 1.165) is 0 Å². The summed E-state index contributed by atoms with van der Waals surface area (Å²) in [7, 11) is 0. The second kappa shape index (κ2) is 13.0. The number of carbonyl (C=O) groups is 4. The summed E-state index contributed by atoms with van der Waals surface area (Å²) in [4.78, 5) is 59.2. The molecule has 11 heteroatoms. The van der Waals surface area contributed by atoms with E-state index in [4.69, 9.17) is 21.1 Å². The molecule has 2 fully saturated rings. The third-order valence-electron chi connectivity index (χ3n) is 9.44. The number of nitrogens with zero attached hydrogens (tertiary/aromatic N) is 2. The molecule has 1 spiro atoms. The van der Waals surface area contributed by atoms with Crippen LogP contribution in [0.5, 0.6) is 0 Å². The summed E-state index contributed by atoms with van der Waals surface area (Å²) in [5.41, 5.74) is -0.219. The van der Waals surface area contributed by atoms with Gasteiger partial charge in [0.2, 0.25) is 11.8 Å². The maximum Gasteiger partial charge on any atom is 0.313 e. The van der Waals surface area contributed by atoms with E-state index in [1.54, 1.807) is 41.3 Å². The first-order valence-electron chi connectivity index (χ1n) is 15.7. The van der Waals surface area contributed by atoms with Gasteiger partial charge in [-0.3, -0.25) is 19.2 Å². The second-order valence-corrected chi connectivity index (χ2v) is 13.0. The standard InChI is InChI=1S/C35H38ClN3O7/c1-21(2)25(20-40)39-31-33(43)38(24-14-12-23(36)13-15-24)18-8-4-7-11-28(41)37-19-27(22-9-5-3-6-10-22)45-34(44)29-26-16-17-35(31,46-26)30(29)32(39)42/h3-6,8-10,12-17,21,25-27,29-31,40H,7,11,18-20H2,1-2H3,(H,37,41)/b8-4-/t25-,26-,27-,29+,30+,31-,35+/m0/s1. The first-order valence-corrected chi connectivity index (χ1v) is 16.1. The van der Waals surface area contributed by atoms with Crippen molar-refractivity contribution in [1.82, 2.24) is 10.2 Å². The van der Waals surface area contributed by atoms with Crippen LogP contribution in [0.15, 0.2) is 78.9 Å². The Hall–Kier alpha value is -3.99. The third kappa shape index (κ3) is 5.63.